The Balaban J connectivity index is 1.53. The molecule has 2 aromatic rings. The van der Waals surface area contributed by atoms with Crippen molar-refractivity contribution in [1.82, 2.24) is 5.01 Å². The third kappa shape index (κ3) is 3.70. The van der Waals surface area contributed by atoms with Crippen molar-refractivity contribution in [3.05, 3.63) is 58.1 Å². The average Bonchev–Trinajstić information content (AvgIpc) is 3.15. The van der Waals surface area contributed by atoms with Crippen molar-refractivity contribution in [1.29, 1.82) is 0 Å². The summed E-state index contributed by atoms with van der Waals surface area (Å²) in [4.78, 5) is 17.4. The van der Waals surface area contributed by atoms with E-state index in [2.05, 4.69) is 16.5 Å². The van der Waals surface area contributed by atoms with Gasteiger partial charge in [-0.1, -0.05) is 53.2 Å². The SMILES string of the molecule is CC(SC1=Nc2ccccc2C2CC=NN12)C(=O)Nc1cc(Cl)ccc1Cl. The van der Waals surface area contributed by atoms with E-state index in [0.29, 0.717) is 20.9 Å². The summed E-state index contributed by atoms with van der Waals surface area (Å²) in [5.74, 6) is -0.176. The smallest absolute Gasteiger partial charge is 0.237 e. The molecule has 27 heavy (non-hydrogen) atoms. The van der Waals surface area contributed by atoms with Crippen LogP contribution >= 0.6 is 35.0 Å². The molecule has 8 heteroatoms. The highest BCUT2D eigenvalue weighted by atomic mass is 35.5. The van der Waals surface area contributed by atoms with Gasteiger partial charge in [0, 0.05) is 23.2 Å². The van der Waals surface area contributed by atoms with Crippen LogP contribution in [0.5, 0.6) is 0 Å². The fraction of sp³-hybridized carbons (Fsp3) is 0.211. The Bertz CT molecular complexity index is 962. The number of amides is 1. The number of hydrazone groups is 1. The highest BCUT2D eigenvalue weighted by Crippen LogP contribution is 2.41. The molecule has 2 aliphatic heterocycles. The second-order valence-electron chi connectivity index (χ2n) is 6.22. The van der Waals surface area contributed by atoms with Crippen molar-refractivity contribution >= 4 is 63.6 Å². The summed E-state index contributed by atoms with van der Waals surface area (Å²) >= 11 is 13.5. The molecule has 0 spiro atoms. The number of benzene rings is 2. The standard InChI is InChI=1S/C19H16Cl2N4OS/c1-11(18(26)23-16-10-12(20)6-7-14(16)21)27-19-24-15-5-3-2-4-13(15)17-8-9-22-25(17)19/h2-7,9-11,17H,8H2,1H3,(H,23,26). The zero-order valence-electron chi connectivity index (χ0n) is 14.4. The maximum Gasteiger partial charge on any atom is 0.237 e. The summed E-state index contributed by atoms with van der Waals surface area (Å²) < 4.78 is 0. The molecule has 2 unspecified atom stereocenters. The Morgan fingerprint density at radius 2 is 2.11 bits per heavy atom. The first-order valence-electron chi connectivity index (χ1n) is 8.45. The number of halogens is 2. The lowest BCUT2D eigenvalue weighted by molar-refractivity contribution is -0.115. The van der Waals surface area contributed by atoms with Gasteiger partial charge in [0.2, 0.25) is 5.91 Å². The lowest BCUT2D eigenvalue weighted by Crippen LogP contribution is -2.32. The van der Waals surface area contributed by atoms with Gasteiger partial charge in [-0.05, 0) is 31.2 Å². The summed E-state index contributed by atoms with van der Waals surface area (Å²) in [5, 5.41) is 10.5. The lowest BCUT2D eigenvalue weighted by Gasteiger charge is -2.30. The summed E-state index contributed by atoms with van der Waals surface area (Å²) in [6.45, 7) is 1.83. The molecule has 0 saturated heterocycles. The number of hydrogen-bond acceptors (Lipinski definition) is 5. The van der Waals surface area contributed by atoms with Gasteiger partial charge in [-0.25, -0.2) is 10.0 Å². The number of carbonyl (C=O) groups excluding carboxylic acids is 1. The zero-order chi connectivity index (χ0) is 19.0. The van der Waals surface area contributed by atoms with Gasteiger partial charge in [-0.15, -0.1) is 0 Å². The molecule has 0 bridgehead atoms. The fourth-order valence-corrected chi connectivity index (χ4v) is 4.25. The first-order valence-corrected chi connectivity index (χ1v) is 10.1. The van der Waals surface area contributed by atoms with Crippen LogP contribution in [0.25, 0.3) is 0 Å². The second kappa shape index (κ2) is 7.54. The molecule has 2 aromatic carbocycles. The van der Waals surface area contributed by atoms with Crippen molar-refractivity contribution in [3.63, 3.8) is 0 Å². The molecule has 2 atom stereocenters. The number of fused-ring (bicyclic) bond motifs is 3. The number of hydrogen-bond donors (Lipinski definition) is 1. The Kier molecular flexibility index (Phi) is 5.12. The third-order valence-electron chi connectivity index (χ3n) is 4.38. The monoisotopic (exact) mass is 418 g/mol. The van der Waals surface area contributed by atoms with Crippen molar-refractivity contribution in [2.24, 2.45) is 10.1 Å². The van der Waals surface area contributed by atoms with Crippen LogP contribution in [0.15, 0.2) is 52.6 Å². The molecular formula is C19H16Cl2N4OS. The quantitative estimate of drug-likeness (QED) is 0.716. The molecule has 0 radical (unpaired) electrons. The average molecular weight is 419 g/mol. The Labute approximate surface area is 171 Å². The lowest BCUT2D eigenvalue weighted by atomic mass is 10.0. The molecule has 5 nitrogen and oxygen atoms in total. The largest absolute Gasteiger partial charge is 0.324 e. The minimum absolute atomic E-state index is 0.138. The normalized spacial score (nSPS) is 18.6. The van der Waals surface area contributed by atoms with Gasteiger partial charge in [-0.2, -0.15) is 5.10 Å². The van der Waals surface area contributed by atoms with Gasteiger partial charge in [0.05, 0.1) is 27.7 Å². The Morgan fingerprint density at radius 1 is 1.30 bits per heavy atom. The van der Waals surface area contributed by atoms with E-state index in [0.717, 1.165) is 17.7 Å². The highest BCUT2D eigenvalue weighted by Gasteiger charge is 2.34. The van der Waals surface area contributed by atoms with Crippen LogP contribution in [0, 0.1) is 0 Å². The Morgan fingerprint density at radius 3 is 2.96 bits per heavy atom. The molecule has 2 heterocycles. The van der Waals surface area contributed by atoms with Gasteiger partial charge >= 0.3 is 0 Å². The van der Waals surface area contributed by atoms with E-state index < -0.39 is 0 Å². The number of rotatable bonds is 3. The van der Waals surface area contributed by atoms with Gasteiger partial charge < -0.3 is 5.32 Å². The van der Waals surface area contributed by atoms with E-state index in [-0.39, 0.29) is 17.2 Å². The molecule has 1 N–H and O–H groups in total. The number of thioether (sulfide) groups is 1. The second-order valence-corrected chi connectivity index (χ2v) is 8.37. The van der Waals surface area contributed by atoms with Crippen LogP contribution in [-0.4, -0.2) is 27.5 Å². The van der Waals surface area contributed by atoms with Crippen LogP contribution in [0.1, 0.15) is 24.9 Å². The number of aliphatic imine (C=N–C) groups is 1. The van der Waals surface area contributed by atoms with Crippen LogP contribution < -0.4 is 5.32 Å². The van der Waals surface area contributed by atoms with Gasteiger partial charge in [0.15, 0.2) is 5.17 Å². The predicted octanol–water partition coefficient (Wildman–Crippen LogP) is 5.49. The number of para-hydroxylation sites is 1. The third-order valence-corrected chi connectivity index (χ3v) is 6.00. The predicted molar refractivity (Wildman–Crippen MR) is 113 cm³/mol. The molecular weight excluding hydrogens is 403 g/mol. The number of amidine groups is 1. The Hall–Kier alpha value is -2.02. The summed E-state index contributed by atoms with van der Waals surface area (Å²) in [6, 6.07) is 13.1. The fourth-order valence-electron chi connectivity index (χ4n) is 3.00. The summed E-state index contributed by atoms with van der Waals surface area (Å²) in [6.07, 6.45) is 2.72. The summed E-state index contributed by atoms with van der Waals surface area (Å²) in [7, 11) is 0. The van der Waals surface area contributed by atoms with Crippen molar-refractivity contribution in [2.45, 2.75) is 24.6 Å². The number of nitrogens with one attached hydrogen (secondary N) is 1. The van der Waals surface area contributed by atoms with E-state index in [1.807, 2.05) is 36.3 Å². The summed E-state index contributed by atoms with van der Waals surface area (Å²) in [5.41, 5.74) is 2.58. The molecule has 0 aliphatic carbocycles. The molecule has 0 aromatic heterocycles. The minimum atomic E-state index is -0.388. The molecule has 0 saturated carbocycles. The molecule has 0 fully saturated rings. The number of carbonyl (C=O) groups is 1. The number of nitrogens with zero attached hydrogens (tertiary/aromatic N) is 3. The first-order chi connectivity index (χ1) is 13.0. The molecule has 4 rings (SSSR count). The van der Waals surface area contributed by atoms with E-state index in [4.69, 9.17) is 28.2 Å². The van der Waals surface area contributed by atoms with Crippen LogP contribution in [0.2, 0.25) is 10.0 Å². The minimum Gasteiger partial charge on any atom is -0.324 e. The maximum absolute atomic E-state index is 12.6. The van der Waals surface area contributed by atoms with Crippen molar-refractivity contribution < 1.29 is 4.79 Å². The van der Waals surface area contributed by atoms with Gasteiger partial charge in [-0.3, -0.25) is 4.79 Å². The maximum atomic E-state index is 12.6. The number of anilines is 1. The zero-order valence-corrected chi connectivity index (χ0v) is 16.7. The van der Waals surface area contributed by atoms with E-state index in [1.165, 1.54) is 11.8 Å². The van der Waals surface area contributed by atoms with Crippen LogP contribution in [0.3, 0.4) is 0 Å². The molecule has 138 valence electrons. The van der Waals surface area contributed by atoms with Crippen molar-refractivity contribution in [3.8, 4) is 0 Å². The van der Waals surface area contributed by atoms with Gasteiger partial charge in [0.1, 0.15) is 0 Å². The van der Waals surface area contributed by atoms with Crippen LogP contribution in [-0.2, 0) is 4.79 Å². The van der Waals surface area contributed by atoms with E-state index in [1.54, 1.807) is 18.2 Å². The molecule has 2 aliphatic rings. The van der Waals surface area contributed by atoms with Crippen molar-refractivity contribution in [2.75, 3.05) is 5.32 Å². The van der Waals surface area contributed by atoms with E-state index in [9.17, 15) is 4.79 Å². The first kappa shape index (κ1) is 18.3. The molecule has 1 amide bonds. The topological polar surface area (TPSA) is 57.1 Å². The van der Waals surface area contributed by atoms with Gasteiger partial charge in [0.25, 0.3) is 0 Å². The van der Waals surface area contributed by atoms with Crippen LogP contribution in [0.4, 0.5) is 11.4 Å². The highest BCUT2D eigenvalue weighted by molar-refractivity contribution is 8.14. The van der Waals surface area contributed by atoms with E-state index >= 15 is 0 Å².